The maximum atomic E-state index is 11.8. The Labute approximate surface area is 97.8 Å². The number of carbonyl (C=O) groups is 1. The van der Waals surface area contributed by atoms with E-state index in [9.17, 15) is 9.59 Å². The number of aromatic nitrogens is 1. The Morgan fingerprint density at radius 3 is 2.88 bits per heavy atom. The van der Waals surface area contributed by atoms with Gasteiger partial charge in [0.25, 0.3) is 0 Å². The van der Waals surface area contributed by atoms with Crippen molar-refractivity contribution in [1.82, 2.24) is 4.98 Å². The molecule has 0 aliphatic heterocycles. The second-order valence-corrected chi connectivity index (χ2v) is 3.96. The molecule has 1 heterocycles. The Morgan fingerprint density at radius 1 is 1.44 bits per heavy atom. The van der Waals surface area contributed by atoms with Gasteiger partial charge in [0.05, 0.1) is 5.39 Å². The van der Waals surface area contributed by atoms with Gasteiger partial charge in [-0.3, -0.25) is 4.79 Å². The first kappa shape index (κ1) is 10.7. The lowest BCUT2D eigenvalue weighted by atomic mass is 10.2. The molecular formula is C10H6BrNO4. The van der Waals surface area contributed by atoms with Crippen molar-refractivity contribution in [1.29, 1.82) is 0 Å². The molecule has 2 N–H and O–H groups in total. The van der Waals surface area contributed by atoms with Gasteiger partial charge in [-0.1, -0.05) is 15.9 Å². The van der Waals surface area contributed by atoms with E-state index < -0.39 is 11.6 Å². The van der Waals surface area contributed by atoms with Crippen LogP contribution in [-0.4, -0.2) is 16.2 Å². The quantitative estimate of drug-likeness (QED) is 0.788. The highest BCUT2D eigenvalue weighted by Gasteiger charge is 2.09. The normalized spacial score (nSPS) is 10.3. The summed E-state index contributed by atoms with van der Waals surface area (Å²) in [5.74, 6) is -0.238. The molecule has 5 nitrogen and oxygen atoms in total. The van der Waals surface area contributed by atoms with Gasteiger partial charge in [-0.2, -0.15) is 0 Å². The first-order chi connectivity index (χ1) is 7.58. The number of nitrogens with one attached hydrogen (secondary N) is 1. The fraction of sp³-hybridized carbons (Fsp3) is 0. The van der Waals surface area contributed by atoms with E-state index in [1.807, 2.05) is 0 Å². The molecule has 1 aromatic carbocycles. The van der Waals surface area contributed by atoms with Gasteiger partial charge in [0, 0.05) is 16.2 Å². The van der Waals surface area contributed by atoms with Crippen LogP contribution in [0.5, 0.6) is 5.75 Å². The van der Waals surface area contributed by atoms with E-state index in [-0.39, 0.29) is 5.75 Å². The minimum absolute atomic E-state index is 0.238. The van der Waals surface area contributed by atoms with Crippen molar-refractivity contribution in [2.75, 3.05) is 0 Å². The summed E-state index contributed by atoms with van der Waals surface area (Å²) in [5, 5.41) is 8.80. The zero-order valence-electron chi connectivity index (χ0n) is 7.86. The first-order valence-electron chi connectivity index (χ1n) is 4.29. The lowest BCUT2D eigenvalue weighted by Gasteiger charge is -2.02. The van der Waals surface area contributed by atoms with Crippen LogP contribution in [0.1, 0.15) is 0 Å². The molecule has 0 bridgehead atoms. The van der Waals surface area contributed by atoms with Crippen LogP contribution < -0.4 is 10.2 Å². The van der Waals surface area contributed by atoms with Crippen LogP contribution in [-0.2, 0) is 0 Å². The predicted molar refractivity (Wildman–Crippen MR) is 60.9 cm³/mol. The number of hydrogen-bond acceptors (Lipinski definition) is 3. The van der Waals surface area contributed by atoms with Gasteiger partial charge in [0.1, 0.15) is 0 Å². The number of hydrogen-bond donors (Lipinski definition) is 2. The number of H-pyrrole nitrogens is 1. The fourth-order valence-electron chi connectivity index (χ4n) is 1.34. The third kappa shape index (κ3) is 1.92. The number of carboxylic acid groups (broad SMARTS) is 1. The first-order valence-corrected chi connectivity index (χ1v) is 5.09. The van der Waals surface area contributed by atoms with Crippen molar-refractivity contribution in [3.05, 3.63) is 39.1 Å². The number of pyridine rings is 1. The van der Waals surface area contributed by atoms with Crippen molar-refractivity contribution in [2.24, 2.45) is 0 Å². The Hall–Kier alpha value is -1.82. The predicted octanol–water partition coefficient (Wildman–Crippen LogP) is 2.35. The molecule has 16 heavy (non-hydrogen) atoms. The minimum Gasteiger partial charge on any atom is -0.449 e. The average molecular weight is 284 g/mol. The highest BCUT2D eigenvalue weighted by molar-refractivity contribution is 9.10. The smallest absolute Gasteiger partial charge is 0.449 e. The summed E-state index contributed by atoms with van der Waals surface area (Å²) < 4.78 is 5.08. The van der Waals surface area contributed by atoms with Crippen LogP contribution in [0.2, 0.25) is 0 Å². The molecule has 0 saturated heterocycles. The van der Waals surface area contributed by atoms with Crippen molar-refractivity contribution < 1.29 is 14.6 Å². The molecule has 1 aromatic heterocycles. The molecular weight excluding hydrogens is 278 g/mol. The molecule has 0 aliphatic rings. The fourth-order valence-corrected chi connectivity index (χ4v) is 1.70. The molecule has 6 heteroatoms. The van der Waals surface area contributed by atoms with Gasteiger partial charge >= 0.3 is 6.16 Å². The largest absolute Gasteiger partial charge is 0.511 e. The Bertz CT molecular complexity index is 620. The van der Waals surface area contributed by atoms with Crippen LogP contribution in [0.15, 0.2) is 33.7 Å². The zero-order valence-corrected chi connectivity index (χ0v) is 9.45. The Balaban J connectivity index is 2.68. The maximum absolute atomic E-state index is 11.8. The maximum Gasteiger partial charge on any atom is 0.511 e. The van der Waals surface area contributed by atoms with Crippen molar-refractivity contribution in [2.45, 2.75) is 0 Å². The third-order valence-electron chi connectivity index (χ3n) is 2.01. The summed E-state index contributed by atoms with van der Waals surface area (Å²) in [6.45, 7) is 0. The summed E-state index contributed by atoms with van der Waals surface area (Å²) >= 11 is 3.23. The second kappa shape index (κ2) is 3.97. The van der Waals surface area contributed by atoms with Crippen LogP contribution in [0.4, 0.5) is 4.79 Å². The van der Waals surface area contributed by atoms with E-state index in [0.717, 1.165) is 4.47 Å². The van der Waals surface area contributed by atoms with Gasteiger partial charge in [-0.15, -0.1) is 0 Å². The minimum atomic E-state index is -1.51. The van der Waals surface area contributed by atoms with E-state index in [4.69, 9.17) is 5.11 Å². The highest BCUT2D eigenvalue weighted by atomic mass is 79.9. The molecule has 0 unspecified atom stereocenters. The van der Waals surface area contributed by atoms with Crippen molar-refractivity contribution >= 4 is 33.0 Å². The lowest BCUT2D eigenvalue weighted by Crippen LogP contribution is -2.13. The number of rotatable bonds is 1. The second-order valence-electron chi connectivity index (χ2n) is 3.04. The zero-order chi connectivity index (χ0) is 11.7. The molecule has 0 fully saturated rings. The van der Waals surface area contributed by atoms with Gasteiger partial charge < -0.3 is 14.8 Å². The summed E-state index contributed by atoms with van der Waals surface area (Å²) in [6.07, 6.45) is -0.285. The Morgan fingerprint density at radius 2 is 2.19 bits per heavy atom. The highest BCUT2D eigenvalue weighted by Crippen LogP contribution is 2.17. The summed E-state index contributed by atoms with van der Waals surface area (Å²) in [5.41, 5.74) is 0.156. The Kier molecular flexibility index (Phi) is 2.66. The molecule has 82 valence electrons. The summed E-state index contributed by atoms with van der Waals surface area (Å²) in [4.78, 5) is 24.9. The number of aromatic amines is 1. The van der Waals surface area contributed by atoms with Gasteiger partial charge in [-0.05, 0) is 18.2 Å². The third-order valence-corrected chi connectivity index (χ3v) is 2.50. The average Bonchev–Trinajstić information content (AvgIpc) is 2.22. The molecule has 0 saturated carbocycles. The molecule has 2 aromatic rings. The number of benzene rings is 1. The van der Waals surface area contributed by atoms with Gasteiger partial charge in [-0.25, -0.2) is 4.79 Å². The summed E-state index contributed by atoms with van der Waals surface area (Å²) in [6, 6.07) is 5.09. The van der Waals surface area contributed by atoms with E-state index in [0.29, 0.717) is 10.9 Å². The number of ether oxygens (including phenoxy) is 1. The van der Waals surface area contributed by atoms with E-state index in [1.54, 1.807) is 18.2 Å². The summed E-state index contributed by atoms with van der Waals surface area (Å²) in [7, 11) is 0. The molecule has 0 amide bonds. The van der Waals surface area contributed by atoms with E-state index in [1.165, 1.54) is 6.20 Å². The van der Waals surface area contributed by atoms with Crippen LogP contribution in [0.25, 0.3) is 10.9 Å². The van der Waals surface area contributed by atoms with Crippen molar-refractivity contribution in [3.8, 4) is 5.75 Å². The van der Waals surface area contributed by atoms with Crippen LogP contribution in [0, 0.1) is 0 Å². The number of fused-ring (bicyclic) bond motifs is 1. The lowest BCUT2D eigenvalue weighted by molar-refractivity contribution is 0.144. The van der Waals surface area contributed by atoms with Crippen molar-refractivity contribution in [3.63, 3.8) is 0 Å². The van der Waals surface area contributed by atoms with E-state index in [2.05, 4.69) is 25.7 Å². The number of halogens is 1. The molecule has 0 radical (unpaired) electrons. The monoisotopic (exact) mass is 283 g/mol. The molecule has 0 spiro atoms. The molecule has 2 rings (SSSR count). The van der Waals surface area contributed by atoms with Crippen LogP contribution >= 0.6 is 15.9 Å². The van der Waals surface area contributed by atoms with Crippen LogP contribution in [0.3, 0.4) is 0 Å². The molecule has 0 atom stereocenters. The van der Waals surface area contributed by atoms with Gasteiger partial charge in [0.2, 0.25) is 5.43 Å². The SMILES string of the molecule is O=C(O)Oc1c[nH]c2ccc(Br)cc2c1=O. The topological polar surface area (TPSA) is 79.4 Å². The van der Waals surface area contributed by atoms with E-state index >= 15 is 0 Å². The van der Waals surface area contributed by atoms with Gasteiger partial charge in [0.15, 0.2) is 5.75 Å². The molecule has 0 aliphatic carbocycles. The standard InChI is InChI=1S/C10H6BrNO4/c11-5-1-2-7-6(3-5)9(13)8(4-12-7)16-10(14)15/h1-4H,(H,12,13)(H,14,15).